The van der Waals surface area contributed by atoms with E-state index >= 15 is 0 Å². The molecule has 6 nitrogen and oxygen atoms in total. The van der Waals surface area contributed by atoms with Crippen molar-refractivity contribution in [2.75, 3.05) is 13.7 Å². The smallest absolute Gasteiger partial charge is 0.343 e. The lowest BCUT2D eigenvalue weighted by atomic mass is 10.0. The van der Waals surface area contributed by atoms with Gasteiger partial charge < -0.3 is 9.47 Å². The molecular weight excluding hydrogens is 332 g/mol. The predicted octanol–water partition coefficient (Wildman–Crippen LogP) is 2.55. The Kier molecular flexibility index (Phi) is 6.91. The third-order valence-electron chi connectivity index (χ3n) is 3.69. The number of rotatable bonds is 7. The first-order valence-corrected chi connectivity index (χ1v) is 8.15. The number of nitrogens with one attached hydrogen (secondary N) is 1. The number of methoxy groups -OCH3 is 1. The zero-order valence-corrected chi connectivity index (χ0v) is 15.1. The summed E-state index contributed by atoms with van der Waals surface area (Å²) in [6.07, 6.45) is 1.79. The SMILES string of the molecule is COC(=O)COc1cccc(/C=N\NC(=O)Cc2ccc(C)cc2C)c1. The molecule has 2 rings (SSSR count). The molecule has 0 spiro atoms. The van der Waals surface area contributed by atoms with Crippen LogP contribution in [-0.4, -0.2) is 31.8 Å². The van der Waals surface area contributed by atoms with Gasteiger partial charge in [-0.25, -0.2) is 10.2 Å². The van der Waals surface area contributed by atoms with Gasteiger partial charge in [-0.15, -0.1) is 0 Å². The van der Waals surface area contributed by atoms with Crippen LogP contribution in [0.4, 0.5) is 0 Å². The summed E-state index contributed by atoms with van der Waals surface area (Å²) in [4.78, 5) is 23.1. The average Bonchev–Trinajstić information content (AvgIpc) is 2.62. The number of benzene rings is 2. The minimum absolute atomic E-state index is 0.163. The molecular formula is C20H22N2O4. The third-order valence-corrected chi connectivity index (χ3v) is 3.69. The zero-order valence-electron chi connectivity index (χ0n) is 15.1. The third kappa shape index (κ3) is 6.05. The van der Waals surface area contributed by atoms with Crippen molar-refractivity contribution in [3.8, 4) is 5.75 Å². The lowest BCUT2D eigenvalue weighted by Gasteiger charge is -2.06. The number of nitrogens with zero attached hydrogens (tertiary/aromatic N) is 1. The Balaban J connectivity index is 1.89. The Labute approximate surface area is 152 Å². The van der Waals surface area contributed by atoms with Gasteiger partial charge in [-0.2, -0.15) is 5.10 Å². The van der Waals surface area contributed by atoms with Crippen LogP contribution in [0.15, 0.2) is 47.6 Å². The van der Waals surface area contributed by atoms with Gasteiger partial charge in [0.25, 0.3) is 0 Å². The molecule has 0 aliphatic heterocycles. The van der Waals surface area contributed by atoms with Gasteiger partial charge in [0.15, 0.2) is 6.61 Å². The van der Waals surface area contributed by atoms with E-state index in [-0.39, 0.29) is 18.9 Å². The van der Waals surface area contributed by atoms with Crippen LogP contribution in [-0.2, 0) is 20.7 Å². The number of aryl methyl sites for hydroxylation is 2. The van der Waals surface area contributed by atoms with Crippen LogP contribution in [0, 0.1) is 13.8 Å². The Morgan fingerprint density at radius 3 is 2.69 bits per heavy atom. The first kappa shape index (κ1) is 19.2. The summed E-state index contributed by atoms with van der Waals surface area (Å²) in [5.41, 5.74) is 6.47. The molecule has 0 bridgehead atoms. The average molecular weight is 354 g/mol. The summed E-state index contributed by atoms with van der Waals surface area (Å²) in [6.45, 7) is 3.84. The summed E-state index contributed by atoms with van der Waals surface area (Å²) < 4.78 is 9.82. The zero-order chi connectivity index (χ0) is 18.9. The fourth-order valence-corrected chi connectivity index (χ4v) is 2.32. The number of hydrogen-bond acceptors (Lipinski definition) is 5. The van der Waals surface area contributed by atoms with E-state index in [9.17, 15) is 9.59 Å². The monoisotopic (exact) mass is 354 g/mol. The number of hydrazone groups is 1. The second-order valence-electron chi connectivity index (χ2n) is 5.84. The first-order chi connectivity index (χ1) is 12.5. The van der Waals surface area contributed by atoms with Crippen LogP contribution < -0.4 is 10.2 Å². The van der Waals surface area contributed by atoms with Crippen LogP contribution in [0.2, 0.25) is 0 Å². The lowest BCUT2D eigenvalue weighted by molar-refractivity contribution is -0.142. The first-order valence-electron chi connectivity index (χ1n) is 8.15. The summed E-state index contributed by atoms with van der Waals surface area (Å²) in [6, 6.07) is 13.0. The van der Waals surface area contributed by atoms with Crippen molar-refractivity contribution < 1.29 is 19.1 Å². The molecule has 0 saturated heterocycles. The van der Waals surface area contributed by atoms with E-state index in [4.69, 9.17) is 4.74 Å². The van der Waals surface area contributed by atoms with E-state index in [0.29, 0.717) is 5.75 Å². The van der Waals surface area contributed by atoms with Gasteiger partial charge in [0.2, 0.25) is 5.91 Å². The number of amides is 1. The van der Waals surface area contributed by atoms with E-state index in [1.54, 1.807) is 18.2 Å². The van der Waals surface area contributed by atoms with Gasteiger partial charge >= 0.3 is 5.97 Å². The number of esters is 1. The second kappa shape index (κ2) is 9.36. The molecule has 26 heavy (non-hydrogen) atoms. The minimum Gasteiger partial charge on any atom is -0.482 e. The Bertz CT molecular complexity index is 815. The molecule has 2 aromatic rings. The highest BCUT2D eigenvalue weighted by atomic mass is 16.6. The molecule has 0 aliphatic rings. The van der Waals surface area contributed by atoms with Crippen molar-refractivity contribution >= 4 is 18.1 Å². The molecule has 2 aromatic carbocycles. The fourth-order valence-electron chi connectivity index (χ4n) is 2.32. The van der Waals surface area contributed by atoms with Gasteiger partial charge in [0, 0.05) is 0 Å². The van der Waals surface area contributed by atoms with Gasteiger partial charge in [-0.05, 0) is 42.7 Å². The molecule has 0 aromatic heterocycles. The van der Waals surface area contributed by atoms with Crippen LogP contribution in [0.25, 0.3) is 0 Å². The number of hydrogen-bond donors (Lipinski definition) is 1. The standard InChI is InChI=1S/C20H22N2O4/c1-14-7-8-17(15(2)9-14)11-19(23)22-21-12-16-5-4-6-18(10-16)26-13-20(24)25-3/h4-10,12H,11,13H2,1-3H3,(H,22,23)/b21-12-. The summed E-state index contributed by atoms with van der Waals surface area (Å²) in [5.74, 6) is -0.130. The van der Waals surface area contributed by atoms with E-state index < -0.39 is 5.97 Å². The minimum atomic E-state index is -0.456. The largest absolute Gasteiger partial charge is 0.482 e. The highest BCUT2D eigenvalue weighted by Gasteiger charge is 2.05. The predicted molar refractivity (Wildman–Crippen MR) is 99.3 cm³/mol. The molecule has 0 atom stereocenters. The summed E-state index contributed by atoms with van der Waals surface area (Å²) in [5, 5.41) is 3.97. The Morgan fingerprint density at radius 2 is 1.96 bits per heavy atom. The molecule has 0 radical (unpaired) electrons. The van der Waals surface area contributed by atoms with Gasteiger partial charge in [-0.1, -0.05) is 35.9 Å². The summed E-state index contributed by atoms with van der Waals surface area (Å²) >= 11 is 0. The van der Waals surface area contributed by atoms with E-state index in [1.807, 2.05) is 38.1 Å². The van der Waals surface area contributed by atoms with Crippen molar-refractivity contribution in [2.24, 2.45) is 5.10 Å². The molecule has 0 heterocycles. The lowest BCUT2D eigenvalue weighted by Crippen LogP contribution is -2.20. The maximum absolute atomic E-state index is 12.0. The van der Waals surface area contributed by atoms with Crippen LogP contribution in [0.5, 0.6) is 5.75 Å². The second-order valence-corrected chi connectivity index (χ2v) is 5.84. The highest BCUT2D eigenvalue weighted by molar-refractivity contribution is 5.83. The van der Waals surface area contributed by atoms with Crippen molar-refractivity contribution in [1.82, 2.24) is 5.43 Å². The van der Waals surface area contributed by atoms with Crippen molar-refractivity contribution in [1.29, 1.82) is 0 Å². The highest BCUT2D eigenvalue weighted by Crippen LogP contribution is 2.12. The van der Waals surface area contributed by atoms with Gasteiger partial charge in [0.1, 0.15) is 5.75 Å². The molecule has 0 unspecified atom stereocenters. The Morgan fingerprint density at radius 1 is 1.15 bits per heavy atom. The van der Waals surface area contributed by atoms with Gasteiger partial charge in [-0.3, -0.25) is 4.79 Å². The molecule has 0 fully saturated rings. The number of carbonyl (C=O) groups is 2. The topological polar surface area (TPSA) is 77.0 Å². The Hall–Kier alpha value is -3.15. The maximum atomic E-state index is 12.0. The van der Waals surface area contributed by atoms with Crippen molar-refractivity contribution in [2.45, 2.75) is 20.3 Å². The maximum Gasteiger partial charge on any atom is 0.343 e. The molecule has 1 N–H and O–H groups in total. The molecule has 0 saturated carbocycles. The summed E-state index contributed by atoms with van der Waals surface area (Å²) in [7, 11) is 1.30. The number of carbonyl (C=O) groups excluding carboxylic acids is 2. The van der Waals surface area contributed by atoms with Crippen molar-refractivity contribution in [3.05, 3.63) is 64.7 Å². The van der Waals surface area contributed by atoms with E-state index in [0.717, 1.165) is 16.7 Å². The van der Waals surface area contributed by atoms with Crippen LogP contribution >= 0.6 is 0 Å². The molecule has 6 heteroatoms. The van der Waals surface area contributed by atoms with Crippen molar-refractivity contribution in [3.63, 3.8) is 0 Å². The van der Waals surface area contributed by atoms with Gasteiger partial charge in [0.05, 0.1) is 19.7 Å². The molecule has 136 valence electrons. The molecule has 1 amide bonds. The van der Waals surface area contributed by atoms with E-state index in [1.165, 1.54) is 18.9 Å². The number of ether oxygens (including phenoxy) is 2. The van der Waals surface area contributed by atoms with Crippen LogP contribution in [0.3, 0.4) is 0 Å². The fraction of sp³-hybridized carbons (Fsp3) is 0.250. The molecule has 0 aliphatic carbocycles. The quantitative estimate of drug-likeness (QED) is 0.471. The normalized spacial score (nSPS) is 10.6. The van der Waals surface area contributed by atoms with Crippen LogP contribution in [0.1, 0.15) is 22.3 Å². The van der Waals surface area contributed by atoms with E-state index in [2.05, 4.69) is 15.3 Å².